The Morgan fingerprint density at radius 3 is 2.95 bits per heavy atom. The number of rotatable bonds is 6. The molecule has 1 aromatic carbocycles. The van der Waals surface area contributed by atoms with E-state index in [9.17, 15) is 10.1 Å². The number of aromatic nitrogens is 2. The lowest BCUT2D eigenvalue weighted by molar-refractivity contribution is -0.385. The summed E-state index contributed by atoms with van der Waals surface area (Å²) in [6, 6.07) is 6.43. The molecule has 2 aromatic rings. The molecule has 0 radical (unpaired) electrons. The number of nitro groups is 1. The molecule has 0 spiro atoms. The third-order valence-electron chi connectivity index (χ3n) is 2.59. The van der Waals surface area contributed by atoms with E-state index in [1.54, 1.807) is 35.3 Å². The first-order chi connectivity index (χ1) is 9.20. The number of hydrogen-bond donors (Lipinski definition) is 1. The van der Waals surface area contributed by atoms with Crippen molar-refractivity contribution >= 4 is 5.69 Å². The Labute approximate surface area is 109 Å². The van der Waals surface area contributed by atoms with Gasteiger partial charge in [0.25, 0.3) is 0 Å². The van der Waals surface area contributed by atoms with Crippen molar-refractivity contribution in [3.8, 4) is 5.75 Å². The van der Waals surface area contributed by atoms with Gasteiger partial charge in [-0.1, -0.05) is 6.07 Å². The van der Waals surface area contributed by atoms with Crippen molar-refractivity contribution in [3.63, 3.8) is 0 Å². The number of nitrogens with zero attached hydrogens (tertiary/aromatic N) is 3. The molecule has 0 saturated carbocycles. The highest BCUT2D eigenvalue weighted by molar-refractivity contribution is 5.48. The van der Waals surface area contributed by atoms with Crippen molar-refractivity contribution in [2.24, 2.45) is 5.73 Å². The highest BCUT2D eigenvalue weighted by Gasteiger charge is 2.15. The molecular weight excluding hydrogens is 248 g/mol. The van der Waals surface area contributed by atoms with Crippen LogP contribution in [0.4, 0.5) is 5.69 Å². The van der Waals surface area contributed by atoms with Crippen molar-refractivity contribution < 1.29 is 9.66 Å². The summed E-state index contributed by atoms with van der Waals surface area (Å²) in [6.45, 7) is 1.14. The molecule has 0 fully saturated rings. The van der Waals surface area contributed by atoms with Crippen molar-refractivity contribution in [1.29, 1.82) is 0 Å². The molecule has 0 unspecified atom stereocenters. The van der Waals surface area contributed by atoms with Crippen LogP contribution >= 0.6 is 0 Å². The van der Waals surface area contributed by atoms with Gasteiger partial charge >= 0.3 is 5.69 Å². The SMILES string of the molecule is NCc1ccc([N+](=O)[O-])c(OCCn2cccn2)c1. The Bertz CT molecular complexity index is 554. The maximum absolute atomic E-state index is 10.9. The van der Waals surface area contributed by atoms with Gasteiger partial charge in [-0.3, -0.25) is 14.8 Å². The van der Waals surface area contributed by atoms with Crippen LogP contribution in [0, 0.1) is 10.1 Å². The van der Waals surface area contributed by atoms with Crippen molar-refractivity contribution in [3.05, 3.63) is 52.3 Å². The molecule has 1 heterocycles. The lowest BCUT2D eigenvalue weighted by atomic mass is 10.2. The van der Waals surface area contributed by atoms with Crippen LogP contribution in [0.2, 0.25) is 0 Å². The van der Waals surface area contributed by atoms with E-state index in [1.807, 2.05) is 0 Å². The molecule has 2 N–H and O–H groups in total. The molecule has 0 aliphatic carbocycles. The smallest absolute Gasteiger partial charge is 0.310 e. The minimum atomic E-state index is -0.469. The molecule has 100 valence electrons. The summed E-state index contributed by atoms with van der Waals surface area (Å²) in [6.07, 6.45) is 3.46. The standard InChI is InChI=1S/C12H14N4O3/c13-9-10-2-3-11(16(17)18)12(8-10)19-7-6-15-5-1-4-14-15/h1-5,8H,6-7,9,13H2. The highest BCUT2D eigenvalue weighted by atomic mass is 16.6. The topological polar surface area (TPSA) is 96.2 Å². The van der Waals surface area contributed by atoms with Gasteiger partial charge in [0.2, 0.25) is 0 Å². The van der Waals surface area contributed by atoms with E-state index in [0.29, 0.717) is 19.7 Å². The maximum atomic E-state index is 10.9. The molecule has 0 aliphatic heterocycles. The minimum Gasteiger partial charge on any atom is -0.485 e. The van der Waals surface area contributed by atoms with Crippen LogP contribution in [-0.4, -0.2) is 21.3 Å². The molecule has 0 atom stereocenters. The first kappa shape index (κ1) is 13.0. The Kier molecular flexibility index (Phi) is 4.09. The Hall–Kier alpha value is -2.41. The van der Waals surface area contributed by atoms with E-state index in [2.05, 4.69) is 5.10 Å². The van der Waals surface area contributed by atoms with Crippen molar-refractivity contribution in [2.45, 2.75) is 13.1 Å². The molecule has 7 heteroatoms. The normalized spacial score (nSPS) is 10.4. The average molecular weight is 262 g/mol. The second-order valence-electron chi connectivity index (χ2n) is 3.88. The second kappa shape index (κ2) is 5.96. The summed E-state index contributed by atoms with van der Waals surface area (Å²) in [5.74, 6) is 0.236. The number of hydrogen-bond acceptors (Lipinski definition) is 5. The Balaban J connectivity index is 2.06. The van der Waals surface area contributed by atoms with Crippen LogP contribution in [0.25, 0.3) is 0 Å². The second-order valence-corrected chi connectivity index (χ2v) is 3.88. The van der Waals surface area contributed by atoms with Crippen molar-refractivity contribution in [1.82, 2.24) is 9.78 Å². The molecule has 7 nitrogen and oxygen atoms in total. The predicted octanol–water partition coefficient (Wildman–Crippen LogP) is 1.33. The molecule has 0 bridgehead atoms. The van der Waals surface area contributed by atoms with E-state index in [4.69, 9.17) is 10.5 Å². The monoisotopic (exact) mass is 262 g/mol. The molecule has 1 aromatic heterocycles. The molecule has 0 amide bonds. The van der Waals surface area contributed by atoms with Gasteiger partial charge in [-0.2, -0.15) is 5.10 Å². The number of benzene rings is 1. The summed E-state index contributed by atoms with van der Waals surface area (Å²) in [5, 5.41) is 14.9. The van der Waals surface area contributed by atoms with E-state index in [-0.39, 0.29) is 11.4 Å². The zero-order valence-electron chi connectivity index (χ0n) is 10.2. The molecule has 2 rings (SSSR count). The van der Waals surface area contributed by atoms with Gasteiger partial charge in [-0.05, 0) is 17.7 Å². The fourth-order valence-corrected chi connectivity index (χ4v) is 1.63. The first-order valence-corrected chi connectivity index (χ1v) is 5.78. The summed E-state index contributed by atoms with van der Waals surface area (Å²) >= 11 is 0. The zero-order valence-corrected chi connectivity index (χ0v) is 10.2. The average Bonchev–Trinajstić information content (AvgIpc) is 2.91. The lowest BCUT2D eigenvalue weighted by Crippen LogP contribution is -2.09. The molecule has 0 saturated heterocycles. The molecule has 0 aliphatic rings. The van der Waals surface area contributed by atoms with Gasteiger partial charge in [0, 0.05) is 25.0 Å². The van der Waals surface area contributed by atoms with E-state index in [0.717, 1.165) is 5.56 Å². The van der Waals surface area contributed by atoms with Gasteiger partial charge in [-0.15, -0.1) is 0 Å². The fourth-order valence-electron chi connectivity index (χ4n) is 1.63. The van der Waals surface area contributed by atoms with Gasteiger partial charge < -0.3 is 10.5 Å². The summed E-state index contributed by atoms with van der Waals surface area (Å²) < 4.78 is 7.15. The van der Waals surface area contributed by atoms with Gasteiger partial charge in [0.15, 0.2) is 5.75 Å². The van der Waals surface area contributed by atoms with Crippen LogP contribution < -0.4 is 10.5 Å². The van der Waals surface area contributed by atoms with Gasteiger partial charge in [0.1, 0.15) is 6.61 Å². The minimum absolute atomic E-state index is 0.0577. The summed E-state index contributed by atoms with van der Waals surface area (Å²) in [7, 11) is 0. The third kappa shape index (κ3) is 3.29. The quantitative estimate of drug-likeness (QED) is 0.625. The molecular formula is C12H14N4O3. The number of nitro benzene ring substituents is 1. The largest absolute Gasteiger partial charge is 0.485 e. The number of nitrogens with two attached hydrogens (primary N) is 1. The molecule has 19 heavy (non-hydrogen) atoms. The van der Waals surface area contributed by atoms with Crippen LogP contribution in [0.3, 0.4) is 0 Å². The maximum Gasteiger partial charge on any atom is 0.310 e. The van der Waals surface area contributed by atoms with Crippen LogP contribution in [0.1, 0.15) is 5.56 Å². The van der Waals surface area contributed by atoms with Crippen LogP contribution in [0.15, 0.2) is 36.7 Å². The summed E-state index contributed by atoms with van der Waals surface area (Å²) in [4.78, 5) is 10.4. The third-order valence-corrected chi connectivity index (χ3v) is 2.59. The highest BCUT2D eigenvalue weighted by Crippen LogP contribution is 2.27. The summed E-state index contributed by atoms with van der Waals surface area (Å²) in [5.41, 5.74) is 6.24. The van der Waals surface area contributed by atoms with Crippen molar-refractivity contribution in [2.75, 3.05) is 6.61 Å². The number of ether oxygens (including phenoxy) is 1. The fraction of sp³-hybridized carbons (Fsp3) is 0.250. The van der Waals surface area contributed by atoms with Crippen LogP contribution in [-0.2, 0) is 13.1 Å². The van der Waals surface area contributed by atoms with Gasteiger partial charge in [0.05, 0.1) is 11.5 Å². The van der Waals surface area contributed by atoms with E-state index < -0.39 is 4.92 Å². The van der Waals surface area contributed by atoms with E-state index >= 15 is 0 Å². The lowest BCUT2D eigenvalue weighted by Gasteiger charge is -2.08. The van der Waals surface area contributed by atoms with Crippen LogP contribution in [0.5, 0.6) is 5.75 Å². The predicted molar refractivity (Wildman–Crippen MR) is 68.7 cm³/mol. The Morgan fingerprint density at radius 2 is 2.32 bits per heavy atom. The van der Waals surface area contributed by atoms with E-state index in [1.165, 1.54) is 6.07 Å². The zero-order chi connectivity index (χ0) is 13.7. The first-order valence-electron chi connectivity index (χ1n) is 5.78. The van der Waals surface area contributed by atoms with Gasteiger partial charge in [-0.25, -0.2) is 0 Å². The Morgan fingerprint density at radius 1 is 1.47 bits per heavy atom.